The minimum Gasteiger partial charge on any atom is -0.492 e. The summed E-state index contributed by atoms with van der Waals surface area (Å²) in [6, 6.07) is 15.9. The summed E-state index contributed by atoms with van der Waals surface area (Å²) < 4.78 is 17.1. The molecule has 0 saturated carbocycles. The Kier molecular flexibility index (Phi) is 5.97. The maximum absolute atomic E-state index is 11.7. The fourth-order valence-corrected chi connectivity index (χ4v) is 5.45. The summed E-state index contributed by atoms with van der Waals surface area (Å²) in [7, 11) is 1.40. The van der Waals surface area contributed by atoms with Crippen molar-refractivity contribution >= 4 is 11.9 Å². The average molecular weight is 472 g/mol. The summed E-state index contributed by atoms with van der Waals surface area (Å²) in [5, 5.41) is 0. The molecule has 5 rings (SSSR count). The van der Waals surface area contributed by atoms with Gasteiger partial charge in [-0.3, -0.25) is 9.59 Å². The standard InChI is InChI=1S/C29H29NO5/c1-16-11-18(29(30)32)12-17(2)28(16)24-6-4-5-23-22(24)9-10-25(23)35-20-7-8-21-19(13-27(31)33-3)15-34-26(21)14-20/h4-8,11-12,14,19,25H,9-10,13,15H2,1-3H3,(H2,30,32)/t19?,25-/m1/s1. The van der Waals surface area contributed by atoms with E-state index in [9.17, 15) is 9.59 Å². The van der Waals surface area contributed by atoms with E-state index >= 15 is 0 Å². The van der Waals surface area contributed by atoms with Crippen molar-refractivity contribution in [1.29, 1.82) is 0 Å². The molecule has 2 atom stereocenters. The molecule has 180 valence electrons. The first-order chi connectivity index (χ1) is 16.9. The second-order valence-electron chi connectivity index (χ2n) is 9.36. The van der Waals surface area contributed by atoms with Crippen molar-refractivity contribution in [2.75, 3.05) is 13.7 Å². The first-order valence-electron chi connectivity index (χ1n) is 11.9. The average Bonchev–Trinajstić information content (AvgIpc) is 3.43. The number of ether oxygens (including phenoxy) is 3. The first-order valence-corrected chi connectivity index (χ1v) is 11.9. The molecule has 35 heavy (non-hydrogen) atoms. The smallest absolute Gasteiger partial charge is 0.306 e. The van der Waals surface area contributed by atoms with Crippen LogP contribution < -0.4 is 15.2 Å². The van der Waals surface area contributed by atoms with Crippen molar-refractivity contribution in [2.45, 2.75) is 45.1 Å². The Labute approximate surface area is 205 Å². The van der Waals surface area contributed by atoms with E-state index in [4.69, 9.17) is 19.9 Å². The van der Waals surface area contributed by atoms with Gasteiger partial charge in [0.25, 0.3) is 0 Å². The monoisotopic (exact) mass is 471 g/mol. The zero-order chi connectivity index (χ0) is 24.7. The molecule has 0 spiro atoms. The summed E-state index contributed by atoms with van der Waals surface area (Å²) in [6.07, 6.45) is 2.05. The van der Waals surface area contributed by atoms with Crippen LogP contribution >= 0.6 is 0 Å². The van der Waals surface area contributed by atoms with Crippen molar-refractivity contribution in [3.8, 4) is 22.6 Å². The summed E-state index contributed by atoms with van der Waals surface area (Å²) in [5.41, 5.74) is 13.9. The second kappa shape index (κ2) is 9.10. The quantitative estimate of drug-likeness (QED) is 0.501. The third kappa shape index (κ3) is 4.25. The lowest BCUT2D eigenvalue weighted by atomic mass is 9.89. The fourth-order valence-electron chi connectivity index (χ4n) is 5.45. The Morgan fingerprint density at radius 3 is 2.54 bits per heavy atom. The highest BCUT2D eigenvalue weighted by molar-refractivity contribution is 5.94. The first kappa shape index (κ1) is 23.0. The molecule has 0 fully saturated rings. The number of nitrogens with two attached hydrogens (primary N) is 1. The number of carbonyl (C=O) groups is 2. The number of esters is 1. The normalized spacial score (nSPS) is 17.9. The van der Waals surface area contributed by atoms with Crippen LogP contribution in [0.5, 0.6) is 11.5 Å². The Balaban J connectivity index is 1.40. The van der Waals surface area contributed by atoms with Gasteiger partial charge in [-0.25, -0.2) is 0 Å². The molecule has 0 bridgehead atoms. The van der Waals surface area contributed by atoms with Crippen LogP contribution in [0.3, 0.4) is 0 Å². The number of amides is 1. The molecule has 2 aliphatic rings. The Morgan fingerprint density at radius 2 is 1.83 bits per heavy atom. The maximum atomic E-state index is 11.7. The SMILES string of the molecule is COC(=O)CC1COc2cc(O[C@@H]3CCc4c(-c5c(C)cc(C(N)=O)cc5C)cccc43)ccc21. The van der Waals surface area contributed by atoms with Gasteiger partial charge in [0.05, 0.1) is 20.1 Å². The van der Waals surface area contributed by atoms with E-state index in [1.165, 1.54) is 23.8 Å². The largest absolute Gasteiger partial charge is 0.492 e. The van der Waals surface area contributed by atoms with E-state index in [-0.39, 0.29) is 18.0 Å². The molecule has 0 aromatic heterocycles. The Bertz CT molecular complexity index is 1310. The molecule has 1 amide bonds. The van der Waals surface area contributed by atoms with E-state index < -0.39 is 5.91 Å². The molecular weight excluding hydrogens is 442 g/mol. The van der Waals surface area contributed by atoms with Crippen molar-refractivity contribution in [3.63, 3.8) is 0 Å². The number of primary amides is 1. The van der Waals surface area contributed by atoms with Crippen LogP contribution in [0.15, 0.2) is 48.5 Å². The molecule has 0 radical (unpaired) electrons. The van der Waals surface area contributed by atoms with Crippen LogP contribution in [0.1, 0.15) is 63.0 Å². The summed E-state index contributed by atoms with van der Waals surface area (Å²) in [4.78, 5) is 23.4. The van der Waals surface area contributed by atoms with Gasteiger partial charge in [-0.2, -0.15) is 0 Å². The number of fused-ring (bicyclic) bond motifs is 2. The molecule has 1 heterocycles. The van der Waals surface area contributed by atoms with Gasteiger partial charge in [0.1, 0.15) is 17.6 Å². The van der Waals surface area contributed by atoms with E-state index in [1.807, 2.05) is 44.2 Å². The number of methoxy groups -OCH3 is 1. The lowest BCUT2D eigenvalue weighted by Gasteiger charge is -2.18. The molecule has 1 aliphatic heterocycles. The number of rotatable bonds is 6. The predicted molar refractivity (Wildman–Crippen MR) is 133 cm³/mol. The van der Waals surface area contributed by atoms with E-state index in [1.54, 1.807) is 0 Å². The van der Waals surface area contributed by atoms with E-state index in [0.717, 1.165) is 46.6 Å². The molecule has 6 nitrogen and oxygen atoms in total. The van der Waals surface area contributed by atoms with Crippen LogP contribution in [0, 0.1) is 13.8 Å². The second-order valence-corrected chi connectivity index (χ2v) is 9.36. The highest BCUT2D eigenvalue weighted by atomic mass is 16.5. The molecular formula is C29H29NO5. The van der Waals surface area contributed by atoms with Crippen LogP contribution in [-0.4, -0.2) is 25.6 Å². The van der Waals surface area contributed by atoms with Crippen molar-refractivity contribution in [1.82, 2.24) is 0 Å². The van der Waals surface area contributed by atoms with Crippen molar-refractivity contribution in [2.24, 2.45) is 5.73 Å². The summed E-state index contributed by atoms with van der Waals surface area (Å²) in [6.45, 7) is 4.51. The molecule has 0 saturated heterocycles. The molecule has 6 heteroatoms. The third-order valence-corrected chi connectivity index (χ3v) is 7.09. The number of aryl methyl sites for hydroxylation is 2. The topological polar surface area (TPSA) is 87.8 Å². The Hall–Kier alpha value is -3.80. The number of hydrogen-bond acceptors (Lipinski definition) is 5. The Morgan fingerprint density at radius 1 is 1.06 bits per heavy atom. The van der Waals surface area contributed by atoms with Gasteiger partial charge in [-0.05, 0) is 78.3 Å². The molecule has 3 aromatic carbocycles. The zero-order valence-corrected chi connectivity index (χ0v) is 20.2. The summed E-state index contributed by atoms with van der Waals surface area (Å²) in [5.74, 6) is 0.881. The number of hydrogen-bond donors (Lipinski definition) is 1. The highest BCUT2D eigenvalue weighted by Gasteiger charge is 2.30. The minimum atomic E-state index is -0.413. The predicted octanol–water partition coefficient (Wildman–Crippen LogP) is 5.17. The van der Waals surface area contributed by atoms with Crippen LogP contribution in [-0.2, 0) is 16.0 Å². The molecule has 1 aliphatic carbocycles. The molecule has 1 unspecified atom stereocenters. The lowest BCUT2D eigenvalue weighted by Crippen LogP contribution is -2.11. The van der Waals surface area contributed by atoms with E-state index in [0.29, 0.717) is 18.6 Å². The molecule has 3 aromatic rings. The van der Waals surface area contributed by atoms with Gasteiger partial charge in [0.15, 0.2) is 0 Å². The van der Waals surface area contributed by atoms with Crippen LogP contribution in [0.4, 0.5) is 0 Å². The van der Waals surface area contributed by atoms with Crippen molar-refractivity contribution < 1.29 is 23.8 Å². The van der Waals surface area contributed by atoms with Gasteiger partial charge in [-0.1, -0.05) is 24.3 Å². The van der Waals surface area contributed by atoms with Gasteiger partial charge >= 0.3 is 5.97 Å². The van der Waals surface area contributed by atoms with Gasteiger partial charge in [0, 0.05) is 23.1 Å². The molecule has 2 N–H and O–H groups in total. The highest BCUT2D eigenvalue weighted by Crippen LogP contribution is 2.44. The lowest BCUT2D eigenvalue weighted by molar-refractivity contribution is -0.141. The van der Waals surface area contributed by atoms with Crippen LogP contribution in [0.25, 0.3) is 11.1 Å². The van der Waals surface area contributed by atoms with E-state index in [2.05, 4.69) is 18.2 Å². The summed E-state index contributed by atoms with van der Waals surface area (Å²) >= 11 is 0. The maximum Gasteiger partial charge on any atom is 0.306 e. The zero-order valence-electron chi connectivity index (χ0n) is 20.2. The van der Waals surface area contributed by atoms with Gasteiger partial charge in [-0.15, -0.1) is 0 Å². The number of benzene rings is 3. The third-order valence-electron chi connectivity index (χ3n) is 7.09. The van der Waals surface area contributed by atoms with Crippen molar-refractivity contribution in [3.05, 3.63) is 81.9 Å². The van der Waals surface area contributed by atoms with Crippen LogP contribution in [0.2, 0.25) is 0 Å². The minimum absolute atomic E-state index is 0.00805. The number of carbonyl (C=O) groups excluding carboxylic acids is 2. The van der Waals surface area contributed by atoms with Gasteiger partial charge in [0.2, 0.25) is 5.91 Å². The fraction of sp³-hybridized carbons (Fsp3) is 0.310. The van der Waals surface area contributed by atoms with Gasteiger partial charge < -0.3 is 19.9 Å².